The first-order valence-corrected chi connectivity index (χ1v) is 11.6. The second kappa shape index (κ2) is 12.2. The van der Waals surface area contributed by atoms with E-state index in [4.69, 9.17) is 0 Å². The Hall–Kier alpha value is -2.60. The highest BCUT2D eigenvalue weighted by atomic mass is 32.2. The molecule has 0 unspecified atom stereocenters. The van der Waals surface area contributed by atoms with Crippen molar-refractivity contribution in [2.75, 3.05) is 5.75 Å². The third-order valence-electron chi connectivity index (χ3n) is 4.99. The van der Waals surface area contributed by atoms with Crippen LogP contribution in [0.1, 0.15) is 55.5 Å². The summed E-state index contributed by atoms with van der Waals surface area (Å²) < 4.78 is 0. The van der Waals surface area contributed by atoms with E-state index in [2.05, 4.69) is 45.3 Å². The third kappa shape index (κ3) is 7.67. The van der Waals surface area contributed by atoms with Crippen LogP contribution < -0.4 is 11.1 Å². The van der Waals surface area contributed by atoms with Gasteiger partial charge in [0.25, 0.3) is 5.56 Å². The Bertz CT molecular complexity index is 1010. The van der Waals surface area contributed by atoms with Gasteiger partial charge in [-0.3, -0.25) is 9.59 Å². The molecular formula is C24H29N3O2S. The van der Waals surface area contributed by atoms with Gasteiger partial charge in [-0.2, -0.15) is 0 Å². The highest BCUT2D eigenvalue weighted by molar-refractivity contribution is 7.99. The molecule has 158 valence electrons. The summed E-state index contributed by atoms with van der Waals surface area (Å²) in [5.74, 6) is 1.51. The molecular weight excluding hydrogens is 394 g/mol. The number of nitrogens with zero attached hydrogens (tertiary/aromatic N) is 1. The summed E-state index contributed by atoms with van der Waals surface area (Å²) >= 11 is 1.57. The first-order chi connectivity index (χ1) is 14.7. The molecule has 0 aliphatic heterocycles. The van der Waals surface area contributed by atoms with Crippen LogP contribution in [0.2, 0.25) is 0 Å². The minimum absolute atomic E-state index is 0.101. The van der Waals surface area contributed by atoms with Crippen molar-refractivity contribution in [2.24, 2.45) is 0 Å². The number of hydrogen-bond donors (Lipinski definition) is 2. The molecule has 0 bridgehead atoms. The lowest BCUT2D eigenvalue weighted by Gasteiger charge is -2.04. The normalized spacial score (nSPS) is 10.9. The number of H-pyrrole nitrogens is 2. The van der Waals surface area contributed by atoms with Crippen LogP contribution in [0.4, 0.5) is 0 Å². The molecule has 0 fully saturated rings. The van der Waals surface area contributed by atoms with Gasteiger partial charge in [0.05, 0.1) is 4.90 Å². The van der Waals surface area contributed by atoms with E-state index in [9.17, 15) is 9.59 Å². The minimum atomic E-state index is -0.154. The van der Waals surface area contributed by atoms with Crippen LogP contribution in [0.5, 0.6) is 0 Å². The molecule has 0 saturated heterocycles. The second-order valence-corrected chi connectivity index (χ2v) is 8.60. The maximum absolute atomic E-state index is 12.3. The Morgan fingerprint density at radius 1 is 0.867 bits per heavy atom. The number of aromatic nitrogens is 3. The Balaban J connectivity index is 1.29. The predicted octanol–water partition coefficient (Wildman–Crippen LogP) is 4.72. The monoisotopic (exact) mass is 423 g/mol. The van der Waals surface area contributed by atoms with Gasteiger partial charge < -0.3 is 9.97 Å². The highest BCUT2D eigenvalue weighted by Crippen LogP contribution is 2.16. The number of aromatic amines is 2. The summed E-state index contributed by atoms with van der Waals surface area (Å²) in [4.78, 5) is 34.0. The van der Waals surface area contributed by atoms with Crippen molar-refractivity contribution >= 4 is 11.8 Å². The third-order valence-corrected chi connectivity index (χ3v) is 6.09. The Morgan fingerprint density at radius 2 is 1.63 bits per heavy atom. The molecule has 2 aromatic heterocycles. The lowest BCUT2D eigenvalue weighted by Crippen LogP contribution is -2.14. The summed E-state index contributed by atoms with van der Waals surface area (Å²) in [7, 11) is 0. The molecule has 2 N–H and O–H groups in total. The molecule has 2 heterocycles. The number of thioether (sulfide) groups is 1. The summed E-state index contributed by atoms with van der Waals surface area (Å²) in [5, 5.41) is 0. The second-order valence-electron chi connectivity index (χ2n) is 7.47. The lowest BCUT2D eigenvalue weighted by atomic mass is 10.1. The van der Waals surface area contributed by atoms with Crippen molar-refractivity contribution in [3.63, 3.8) is 0 Å². The van der Waals surface area contributed by atoms with Crippen molar-refractivity contribution in [1.29, 1.82) is 0 Å². The largest absolute Gasteiger partial charge is 0.329 e. The zero-order valence-corrected chi connectivity index (χ0v) is 18.0. The molecule has 0 aliphatic rings. The van der Waals surface area contributed by atoms with Crippen LogP contribution in [-0.2, 0) is 12.8 Å². The molecule has 3 rings (SSSR count). The van der Waals surface area contributed by atoms with Gasteiger partial charge in [0.1, 0.15) is 5.82 Å². The van der Waals surface area contributed by atoms with E-state index in [1.165, 1.54) is 50.2 Å². The lowest BCUT2D eigenvalue weighted by molar-refractivity contribution is 0.609. The van der Waals surface area contributed by atoms with Crippen LogP contribution in [0.15, 0.2) is 69.3 Å². The van der Waals surface area contributed by atoms with E-state index in [-0.39, 0.29) is 11.1 Å². The van der Waals surface area contributed by atoms with E-state index in [0.717, 1.165) is 17.7 Å². The number of unbranched alkanes of at least 4 members (excludes halogenated alkanes) is 5. The average Bonchev–Trinajstić information content (AvgIpc) is 2.74. The van der Waals surface area contributed by atoms with Crippen molar-refractivity contribution in [3.05, 3.63) is 92.5 Å². The Morgan fingerprint density at radius 3 is 2.40 bits per heavy atom. The van der Waals surface area contributed by atoms with Crippen LogP contribution in [0.25, 0.3) is 0 Å². The SMILES string of the molecule is O=c1cc(Cc2ncc(SCCCCCCCCc3ccccc3)c(=O)[nH]2)cc[nH]1. The summed E-state index contributed by atoms with van der Waals surface area (Å²) in [5.41, 5.74) is 2.00. The fourth-order valence-corrected chi connectivity index (χ4v) is 4.25. The Kier molecular flexibility index (Phi) is 8.97. The minimum Gasteiger partial charge on any atom is -0.329 e. The van der Waals surface area contributed by atoms with Gasteiger partial charge in [-0.25, -0.2) is 4.98 Å². The van der Waals surface area contributed by atoms with Gasteiger partial charge in [0.2, 0.25) is 5.56 Å². The molecule has 1 aromatic carbocycles. The van der Waals surface area contributed by atoms with E-state index in [0.29, 0.717) is 17.1 Å². The zero-order chi connectivity index (χ0) is 21.0. The molecule has 30 heavy (non-hydrogen) atoms. The van der Waals surface area contributed by atoms with Crippen LogP contribution in [-0.4, -0.2) is 20.7 Å². The summed E-state index contributed by atoms with van der Waals surface area (Å²) in [6.45, 7) is 0. The van der Waals surface area contributed by atoms with Gasteiger partial charge in [-0.1, -0.05) is 56.0 Å². The smallest absolute Gasteiger partial charge is 0.264 e. The fraction of sp³-hybridized carbons (Fsp3) is 0.375. The van der Waals surface area contributed by atoms with Crippen molar-refractivity contribution in [2.45, 2.75) is 56.3 Å². The molecule has 0 radical (unpaired) electrons. The van der Waals surface area contributed by atoms with E-state index >= 15 is 0 Å². The first-order valence-electron chi connectivity index (χ1n) is 10.6. The number of benzene rings is 1. The molecule has 0 aliphatic carbocycles. The number of pyridine rings is 1. The molecule has 0 saturated carbocycles. The van der Waals surface area contributed by atoms with Gasteiger partial charge in [-0.05, 0) is 42.2 Å². The van der Waals surface area contributed by atoms with Crippen LogP contribution in [0, 0.1) is 0 Å². The van der Waals surface area contributed by atoms with Crippen molar-refractivity contribution in [3.8, 4) is 0 Å². The number of hydrogen-bond acceptors (Lipinski definition) is 4. The average molecular weight is 424 g/mol. The highest BCUT2D eigenvalue weighted by Gasteiger charge is 2.05. The van der Waals surface area contributed by atoms with Gasteiger partial charge in [-0.15, -0.1) is 11.8 Å². The summed E-state index contributed by atoms with van der Waals surface area (Å²) in [6.07, 6.45) is 12.2. The first kappa shape index (κ1) is 22.1. The van der Waals surface area contributed by atoms with Crippen molar-refractivity contribution in [1.82, 2.24) is 15.0 Å². The quantitative estimate of drug-likeness (QED) is 0.326. The predicted molar refractivity (Wildman–Crippen MR) is 123 cm³/mol. The van der Waals surface area contributed by atoms with E-state index in [1.54, 1.807) is 24.2 Å². The number of rotatable bonds is 12. The summed E-state index contributed by atoms with van der Waals surface area (Å²) in [6, 6.07) is 14.0. The van der Waals surface area contributed by atoms with Gasteiger partial charge in [0.15, 0.2) is 0 Å². The van der Waals surface area contributed by atoms with E-state index < -0.39 is 0 Å². The van der Waals surface area contributed by atoms with Gasteiger partial charge in [0, 0.05) is 24.9 Å². The maximum Gasteiger partial charge on any atom is 0.264 e. The standard InChI is InChI=1S/C24H29N3O2S/c28-23-17-20(13-14-25-23)16-22-26-18-21(24(29)27-22)30-15-9-4-2-1-3-6-10-19-11-7-5-8-12-19/h5,7-8,11-14,17-18H,1-4,6,9-10,15-16H2,(H,25,28)(H,26,27,29). The number of nitrogens with one attached hydrogen (secondary N) is 2. The van der Waals surface area contributed by atoms with Gasteiger partial charge >= 0.3 is 0 Å². The molecule has 0 spiro atoms. The zero-order valence-electron chi connectivity index (χ0n) is 17.2. The van der Waals surface area contributed by atoms with Crippen LogP contribution >= 0.6 is 11.8 Å². The molecule has 6 heteroatoms. The van der Waals surface area contributed by atoms with Crippen LogP contribution in [0.3, 0.4) is 0 Å². The molecule has 0 amide bonds. The Labute approximate surface area is 181 Å². The molecule has 0 atom stereocenters. The fourth-order valence-electron chi connectivity index (χ4n) is 3.37. The number of aryl methyl sites for hydroxylation is 1. The maximum atomic E-state index is 12.3. The van der Waals surface area contributed by atoms with Crippen molar-refractivity contribution < 1.29 is 0 Å². The molecule has 3 aromatic rings. The van der Waals surface area contributed by atoms with E-state index in [1.807, 2.05) is 6.07 Å². The molecule has 5 nitrogen and oxygen atoms in total. The topological polar surface area (TPSA) is 78.6 Å².